The van der Waals surface area contributed by atoms with Gasteiger partial charge in [0.2, 0.25) is 11.8 Å². The van der Waals surface area contributed by atoms with Gasteiger partial charge in [0.1, 0.15) is 31.1 Å². The van der Waals surface area contributed by atoms with Gasteiger partial charge in [-0.1, -0.05) is 86.1 Å². The molecular formula is C34H41FN4O6. The summed E-state index contributed by atoms with van der Waals surface area (Å²) in [6.45, 7) is 2.72. The van der Waals surface area contributed by atoms with Gasteiger partial charge in [-0.15, -0.1) is 0 Å². The van der Waals surface area contributed by atoms with Crippen molar-refractivity contribution in [2.24, 2.45) is 0 Å². The molecule has 0 radical (unpaired) electrons. The molecule has 0 bridgehead atoms. The smallest absolute Gasteiger partial charge is 0.408 e. The number of hydrogen-bond donors (Lipinski definition) is 4. The fraction of sp³-hybridized carbons (Fsp3) is 0.353. The Morgan fingerprint density at radius 3 is 1.82 bits per heavy atom. The number of carbonyl (C=O) groups excluding carboxylic acids is 4. The minimum Gasteiger partial charge on any atom is -0.445 e. The lowest BCUT2D eigenvalue weighted by molar-refractivity contribution is -0.130. The first-order valence-corrected chi connectivity index (χ1v) is 15.1. The molecule has 11 heteroatoms. The van der Waals surface area contributed by atoms with Crippen LogP contribution in [0.15, 0.2) is 84.9 Å². The lowest BCUT2D eigenvalue weighted by Crippen LogP contribution is -2.54. The average molecular weight is 621 g/mol. The number of amides is 4. The van der Waals surface area contributed by atoms with Crippen LogP contribution < -0.4 is 21.3 Å². The molecule has 0 fully saturated rings. The second kappa shape index (κ2) is 19.4. The number of carbonyl (C=O) groups is 4. The summed E-state index contributed by atoms with van der Waals surface area (Å²) in [5.41, 5.74) is 2.27. The summed E-state index contributed by atoms with van der Waals surface area (Å²) < 4.78 is 24.0. The average Bonchev–Trinajstić information content (AvgIpc) is 3.05. The Morgan fingerprint density at radius 1 is 0.644 bits per heavy atom. The van der Waals surface area contributed by atoms with E-state index in [4.69, 9.17) is 9.47 Å². The van der Waals surface area contributed by atoms with Crippen LogP contribution in [-0.2, 0) is 38.7 Å². The van der Waals surface area contributed by atoms with Gasteiger partial charge in [0.25, 0.3) is 0 Å². The normalized spacial score (nSPS) is 11.9. The van der Waals surface area contributed by atoms with Crippen molar-refractivity contribution in [2.75, 3.05) is 13.1 Å². The summed E-state index contributed by atoms with van der Waals surface area (Å²) in [6.07, 6.45) is 0.773. The van der Waals surface area contributed by atoms with Crippen molar-refractivity contribution in [3.63, 3.8) is 0 Å². The molecule has 0 saturated carbocycles. The zero-order valence-corrected chi connectivity index (χ0v) is 25.4. The van der Waals surface area contributed by atoms with Crippen LogP contribution >= 0.6 is 0 Å². The number of hydrogen-bond acceptors (Lipinski definition) is 6. The number of ether oxygens (including phenoxy) is 2. The third-order valence-corrected chi connectivity index (χ3v) is 6.79. The second-order valence-electron chi connectivity index (χ2n) is 10.4. The molecule has 2 atom stereocenters. The number of nitrogens with one attached hydrogen (secondary N) is 4. The molecule has 3 rings (SSSR count). The zero-order valence-electron chi connectivity index (χ0n) is 25.4. The minimum absolute atomic E-state index is 0.00283. The van der Waals surface area contributed by atoms with Crippen LogP contribution in [0.2, 0.25) is 0 Å². The van der Waals surface area contributed by atoms with Crippen molar-refractivity contribution in [2.45, 2.75) is 64.3 Å². The van der Waals surface area contributed by atoms with E-state index in [1.165, 1.54) is 12.1 Å². The van der Waals surface area contributed by atoms with Crippen molar-refractivity contribution in [3.05, 3.63) is 107 Å². The minimum atomic E-state index is -1.07. The van der Waals surface area contributed by atoms with E-state index < -0.39 is 41.9 Å². The largest absolute Gasteiger partial charge is 0.445 e. The molecule has 240 valence electrons. The molecule has 0 aromatic heterocycles. The summed E-state index contributed by atoms with van der Waals surface area (Å²) in [5, 5.41) is 10.8. The molecule has 4 amide bonds. The Morgan fingerprint density at radius 2 is 1.22 bits per heavy atom. The number of rotatable bonds is 17. The van der Waals surface area contributed by atoms with Crippen molar-refractivity contribution in [1.29, 1.82) is 0 Å². The standard InChI is InChI=1S/C34H41FN4O6/c1-2-3-20-36-31(40)30(22-25-16-18-28(35)19-17-25)38-32(41)29(39-34(43)45-24-27-13-8-5-9-14-27)15-10-21-37-33(42)44-23-26-11-6-4-7-12-26/h4-9,11-14,16-19,29-30H,2-3,10,15,20-24H2,1H3,(H,36,40)(H,37,42)(H,38,41)(H,39,43). The molecule has 3 aromatic rings. The van der Waals surface area contributed by atoms with Crippen LogP contribution in [0.5, 0.6) is 0 Å². The Labute approximate surface area is 263 Å². The highest BCUT2D eigenvalue weighted by Crippen LogP contribution is 2.09. The molecule has 0 heterocycles. The zero-order chi connectivity index (χ0) is 32.3. The Hall–Kier alpha value is -4.93. The van der Waals surface area contributed by atoms with E-state index in [0.29, 0.717) is 18.5 Å². The molecule has 0 saturated heterocycles. The van der Waals surface area contributed by atoms with Crippen LogP contribution in [0.4, 0.5) is 14.0 Å². The van der Waals surface area contributed by atoms with E-state index in [1.807, 2.05) is 55.5 Å². The van der Waals surface area contributed by atoms with Crippen LogP contribution in [0.1, 0.15) is 49.3 Å². The number of unbranched alkanes of at least 4 members (excludes halogenated alkanes) is 1. The first kappa shape index (κ1) is 34.6. The maximum Gasteiger partial charge on any atom is 0.408 e. The van der Waals surface area contributed by atoms with Gasteiger partial charge >= 0.3 is 12.2 Å². The van der Waals surface area contributed by atoms with Crippen molar-refractivity contribution in [1.82, 2.24) is 21.3 Å². The van der Waals surface area contributed by atoms with Crippen LogP contribution in [-0.4, -0.2) is 49.2 Å². The predicted octanol–water partition coefficient (Wildman–Crippen LogP) is 4.77. The Bertz CT molecular complexity index is 1340. The molecule has 0 aliphatic rings. The molecule has 45 heavy (non-hydrogen) atoms. The van der Waals surface area contributed by atoms with Gasteiger partial charge in [0.05, 0.1) is 0 Å². The summed E-state index contributed by atoms with van der Waals surface area (Å²) in [4.78, 5) is 51.4. The van der Waals surface area contributed by atoms with E-state index in [-0.39, 0.29) is 32.6 Å². The molecular weight excluding hydrogens is 579 g/mol. The van der Waals surface area contributed by atoms with E-state index in [2.05, 4.69) is 21.3 Å². The van der Waals surface area contributed by atoms with Crippen LogP contribution in [0.25, 0.3) is 0 Å². The van der Waals surface area contributed by atoms with Gasteiger partial charge < -0.3 is 30.7 Å². The van der Waals surface area contributed by atoms with Gasteiger partial charge in [-0.2, -0.15) is 0 Å². The first-order valence-electron chi connectivity index (χ1n) is 15.1. The quantitative estimate of drug-likeness (QED) is 0.161. The van der Waals surface area contributed by atoms with Crippen molar-refractivity contribution < 1.29 is 33.0 Å². The first-order chi connectivity index (χ1) is 21.8. The molecule has 10 nitrogen and oxygen atoms in total. The number of halogens is 1. The lowest BCUT2D eigenvalue weighted by atomic mass is 10.0. The molecule has 4 N–H and O–H groups in total. The van der Waals surface area contributed by atoms with Crippen LogP contribution in [0, 0.1) is 5.82 Å². The van der Waals surface area contributed by atoms with E-state index in [0.717, 1.165) is 24.0 Å². The number of alkyl carbamates (subject to hydrolysis) is 2. The summed E-state index contributed by atoms with van der Waals surface area (Å²) >= 11 is 0. The van der Waals surface area contributed by atoms with Crippen molar-refractivity contribution in [3.8, 4) is 0 Å². The fourth-order valence-corrected chi connectivity index (χ4v) is 4.30. The summed E-state index contributed by atoms with van der Waals surface area (Å²) in [7, 11) is 0. The van der Waals surface area contributed by atoms with Gasteiger partial charge in [-0.05, 0) is 48.1 Å². The molecule has 0 spiro atoms. The number of benzene rings is 3. The van der Waals surface area contributed by atoms with Gasteiger partial charge in [-0.3, -0.25) is 9.59 Å². The third-order valence-electron chi connectivity index (χ3n) is 6.79. The molecule has 3 aromatic carbocycles. The van der Waals surface area contributed by atoms with Gasteiger partial charge in [0.15, 0.2) is 0 Å². The lowest BCUT2D eigenvalue weighted by Gasteiger charge is -2.23. The molecule has 0 aliphatic heterocycles. The SMILES string of the molecule is CCCCNC(=O)C(Cc1ccc(F)cc1)NC(=O)C(CCCNC(=O)OCc1ccccc1)NC(=O)OCc1ccccc1. The monoisotopic (exact) mass is 620 g/mol. The summed E-state index contributed by atoms with van der Waals surface area (Å²) in [5.74, 6) is -1.41. The van der Waals surface area contributed by atoms with Crippen molar-refractivity contribution >= 4 is 24.0 Å². The maximum absolute atomic E-state index is 13.5. The van der Waals surface area contributed by atoms with Gasteiger partial charge in [0, 0.05) is 19.5 Å². The third kappa shape index (κ3) is 13.5. The van der Waals surface area contributed by atoms with Gasteiger partial charge in [-0.25, -0.2) is 14.0 Å². The highest BCUT2D eigenvalue weighted by Gasteiger charge is 2.27. The van der Waals surface area contributed by atoms with E-state index >= 15 is 0 Å². The maximum atomic E-state index is 13.5. The highest BCUT2D eigenvalue weighted by molar-refractivity contribution is 5.91. The Kier molecular flexibility index (Phi) is 14.9. The Balaban J connectivity index is 1.62. The second-order valence-corrected chi connectivity index (χ2v) is 10.4. The molecule has 2 unspecified atom stereocenters. The van der Waals surface area contributed by atoms with E-state index in [1.54, 1.807) is 24.3 Å². The predicted molar refractivity (Wildman–Crippen MR) is 167 cm³/mol. The summed E-state index contributed by atoms with van der Waals surface area (Å²) in [6, 6.07) is 21.9. The topological polar surface area (TPSA) is 135 Å². The highest BCUT2D eigenvalue weighted by atomic mass is 19.1. The fourth-order valence-electron chi connectivity index (χ4n) is 4.30. The molecule has 0 aliphatic carbocycles. The van der Waals surface area contributed by atoms with E-state index in [9.17, 15) is 23.6 Å². The van der Waals surface area contributed by atoms with Crippen LogP contribution in [0.3, 0.4) is 0 Å².